The van der Waals surface area contributed by atoms with E-state index in [1.54, 1.807) is 0 Å². The first-order valence-corrected chi connectivity index (χ1v) is 13.9. The molecule has 4 bridgehead atoms. The van der Waals surface area contributed by atoms with E-state index in [1.807, 2.05) is 0 Å². The number of hydrogen-bond acceptors (Lipinski definition) is 3. The summed E-state index contributed by atoms with van der Waals surface area (Å²) in [6.07, 6.45) is 14.6. The minimum Gasteiger partial charge on any atom is -0.352 e. The van der Waals surface area contributed by atoms with Gasteiger partial charge in [0.1, 0.15) is 0 Å². The van der Waals surface area contributed by atoms with Crippen molar-refractivity contribution in [3.63, 3.8) is 0 Å². The van der Waals surface area contributed by atoms with Crippen molar-refractivity contribution < 1.29 is 4.79 Å². The van der Waals surface area contributed by atoms with E-state index in [9.17, 15) is 4.79 Å². The van der Waals surface area contributed by atoms with Crippen LogP contribution in [0.3, 0.4) is 0 Å². The molecular weight excluding hydrogens is 406 g/mol. The Labute approximate surface area is 200 Å². The Kier molecular flexibility index (Phi) is 6.25. The van der Waals surface area contributed by atoms with Gasteiger partial charge in [-0.05, 0) is 107 Å². The van der Waals surface area contributed by atoms with Crippen molar-refractivity contribution in [2.24, 2.45) is 23.7 Å². The third kappa shape index (κ3) is 4.89. The Morgan fingerprint density at radius 1 is 0.909 bits per heavy atom. The third-order valence-electron chi connectivity index (χ3n) is 9.96. The number of carbonyl (C=O) groups excluding carboxylic acids is 1. The van der Waals surface area contributed by atoms with Gasteiger partial charge in [-0.25, -0.2) is 0 Å². The van der Waals surface area contributed by atoms with Gasteiger partial charge in [0.25, 0.3) is 0 Å². The van der Waals surface area contributed by atoms with E-state index < -0.39 is 0 Å². The number of nitrogens with zero attached hydrogens (tertiary/aromatic N) is 2. The molecule has 0 aromatic heterocycles. The summed E-state index contributed by atoms with van der Waals surface area (Å²) in [5.74, 6) is 4.15. The molecule has 0 spiro atoms. The third-order valence-corrected chi connectivity index (χ3v) is 9.96. The zero-order chi connectivity index (χ0) is 22.3. The molecule has 1 unspecified atom stereocenters. The Balaban J connectivity index is 0.912. The topological polar surface area (TPSA) is 35.6 Å². The summed E-state index contributed by atoms with van der Waals surface area (Å²) in [7, 11) is 0. The molecule has 1 aromatic carbocycles. The molecule has 1 amide bonds. The standard InChI is InChI=1S/C29H43N3O/c33-28(30-27-10-11-31(21-27)20-23-4-2-1-3-5-23)7-6-22-8-12-32(13-9-22)29-17-24-14-25(18-29)16-26(15-24)19-29/h1-5,22,24-27H,6-21H2,(H,30,33). The second-order valence-corrected chi connectivity index (χ2v) is 12.4. The van der Waals surface area contributed by atoms with Gasteiger partial charge in [0.2, 0.25) is 5.91 Å². The van der Waals surface area contributed by atoms with Gasteiger partial charge >= 0.3 is 0 Å². The van der Waals surface area contributed by atoms with Crippen molar-refractivity contribution in [3.8, 4) is 0 Å². The number of hydrogen-bond donors (Lipinski definition) is 1. The number of carbonyl (C=O) groups is 1. The van der Waals surface area contributed by atoms with E-state index in [0.717, 1.165) is 62.6 Å². The maximum atomic E-state index is 12.7. The van der Waals surface area contributed by atoms with Crippen molar-refractivity contribution in [1.82, 2.24) is 15.1 Å². The smallest absolute Gasteiger partial charge is 0.220 e. The second kappa shape index (κ2) is 9.34. The molecule has 2 heterocycles. The lowest BCUT2D eigenvalue weighted by Gasteiger charge is -2.61. The van der Waals surface area contributed by atoms with Crippen LogP contribution in [0.1, 0.15) is 76.2 Å². The van der Waals surface area contributed by atoms with Crippen molar-refractivity contribution in [1.29, 1.82) is 0 Å². The van der Waals surface area contributed by atoms with Crippen LogP contribution in [0, 0.1) is 23.7 Å². The van der Waals surface area contributed by atoms with Crippen molar-refractivity contribution in [2.75, 3.05) is 26.2 Å². The summed E-state index contributed by atoms with van der Waals surface area (Å²) in [6.45, 7) is 5.65. The fourth-order valence-electron chi connectivity index (χ4n) is 8.72. The number of nitrogens with one attached hydrogen (secondary N) is 1. The van der Waals surface area contributed by atoms with Crippen LogP contribution in [0.5, 0.6) is 0 Å². The van der Waals surface area contributed by atoms with E-state index in [2.05, 4.69) is 45.4 Å². The quantitative estimate of drug-likeness (QED) is 0.647. The first-order chi connectivity index (χ1) is 16.1. The molecule has 4 saturated carbocycles. The van der Waals surface area contributed by atoms with E-state index in [1.165, 1.54) is 70.0 Å². The molecule has 180 valence electrons. The summed E-state index contributed by atoms with van der Waals surface area (Å²) in [4.78, 5) is 18.1. The summed E-state index contributed by atoms with van der Waals surface area (Å²) in [6, 6.07) is 11.0. The van der Waals surface area contributed by atoms with Gasteiger partial charge in [-0.3, -0.25) is 14.6 Å². The average Bonchev–Trinajstić information content (AvgIpc) is 3.24. The largest absolute Gasteiger partial charge is 0.352 e. The van der Waals surface area contributed by atoms with E-state index in [4.69, 9.17) is 0 Å². The van der Waals surface area contributed by atoms with Crippen LogP contribution >= 0.6 is 0 Å². The predicted molar refractivity (Wildman–Crippen MR) is 133 cm³/mol. The molecule has 0 radical (unpaired) electrons. The first kappa shape index (κ1) is 22.1. The number of rotatable bonds is 7. The average molecular weight is 450 g/mol. The van der Waals surface area contributed by atoms with E-state index in [0.29, 0.717) is 11.6 Å². The summed E-state index contributed by atoms with van der Waals surface area (Å²) in [5, 5.41) is 3.34. The molecule has 33 heavy (non-hydrogen) atoms. The number of likely N-dealkylation sites (tertiary alicyclic amines) is 2. The predicted octanol–water partition coefficient (Wildman–Crippen LogP) is 4.84. The van der Waals surface area contributed by atoms with Crippen LogP contribution in [0.4, 0.5) is 0 Å². The van der Waals surface area contributed by atoms with Gasteiger partial charge in [0, 0.05) is 37.6 Å². The van der Waals surface area contributed by atoms with Gasteiger partial charge in [0.15, 0.2) is 0 Å². The Morgan fingerprint density at radius 3 is 2.24 bits per heavy atom. The van der Waals surface area contributed by atoms with Crippen molar-refractivity contribution in [3.05, 3.63) is 35.9 Å². The second-order valence-electron chi connectivity index (χ2n) is 12.4. The highest BCUT2D eigenvalue weighted by atomic mass is 16.1. The Morgan fingerprint density at radius 2 is 1.58 bits per heavy atom. The lowest BCUT2D eigenvalue weighted by molar-refractivity contribution is -0.122. The molecule has 1 atom stereocenters. The van der Waals surface area contributed by atoms with E-state index in [-0.39, 0.29) is 5.91 Å². The van der Waals surface area contributed by atoms with Crippen molar-refractivity contribution in [2.45, 2.75) is 88.8 Å². The molecular formula is C29H43N3O. The van der Waals surface area contributed by atoms with E-state index >= 15 is 0 Å². The number of piperidine rings is 1. The van der Waals surface area contributed by atoms with Gasteiger partial charge in [0.05, 0.1) is 0 Å². The molecule has 7 rings (SSSR count). The minimum absolute atomic E-state index is 0.282. The molecule has 1 aromatic rings. The Bertz CT molecular complexity index is 780. The van der Waals surface area contributed by atoms with Crippen LogP contribution in [0.25, 0.3) is 0 Å². The fourth-order valence-corrected chi connectivity index (χ4v) is 8.72. The lowest BCUT2D eigenvalue weighted by Crippen LogP contribution is -2.61. The highest BCUT2D eigenvalue weighted by Gasteiger charge is 2.53. The molecule has 2 aliphatic heterocycles. The van der Waals surface area contributed by atoms with Crippen LogP contribution in [-0.2, 0) is 11.3 Å². The van der Waals surface area contributed by atoms with Gasteiger partial charge < -0.3 is 5.32 Å². The number of amides is 1. The monoisotopic (exact) mass is 449 g/mol. The zero-order valence-corrected chi connectivity index (χ0v) is 20.4. The molecule has 4 nitrogen and oxygen atoms in total. The molecule has 2 saturated heterocycles. The molecule has 4 aliphatic carbocycles. The van der Waals surface area contributed by atoms with Crippen LogP contribution < -0.4 is 5.32 Å². The molecule has 6 fully saturated rings. The van der Waals surface area contributed by atoms with Crippen molar-refractivity contribution >= 4 is 5.91 Å². The van der Waals surface area contributed by atoms with Crippen LogP contribution in [-0.4, -0.2) is 53.5 Å². The highest BCUT2D eigenvalue weighted by Crippen LogP contribution is 2.58. The van der Waals surface area contributed by atoms with Crippen LogP contribution in [0.15, 0.2) is 30.3 Å². The van der Waals surface area contributed by atoms with Gasteiger partial charge in [-0.2, -0.15) is 0 Å². The minimum atomic E-state index is 0.282. The van der Waals surface area contributed by atoms with Gasteiger partial charge in [-0.1, -0.05) is 30.3 Å². The maximum absolute atomic E-state index is 12.7. The number of benzene rings is 1. The molecule has 6 aliphatic rings. The normalized spacial score (nSPS) is 37.0. The highest BCUT2D eigenvalue weighted by molar-refractivity contribution is 5.76. The first-order valence-electron chi connectivity index (χ1n) is 13.9. The molecule has 4 heteroatoms. The fraction of sp³-hybridized carbons (Fsp3) is 0.759. The summed E-state index contributed by atoms with van der Waals surface area (Å²) in [5.41, 5.74) is 1.94. The van der Waals surface area contributed by atoms with Gasteiger partial charge in [-0.15, -0.1) is 0 Å². The lowest BCUT2D eigenvalue weighted by atomic mass is 9.52. The zero-order valence-electron chi connectivity index (χ0n) is 20.4. The maximum Gasteiger partial charge on any atom is 0.220 e. The Hall–Kier alpha value is -1.39. The SMILES string of the molecule is O=C(CCC1CCN(C23CC4CC(CC(C4)C2)C3)CC1)NC1CCN(Cc2ccccc2)C1. The van der Waals surface area contributed by atoms with Crippen LogP contribution in [0.2, 0.25) is 0 Å². The molecule has 1 N–H and O–H groups in total. The summed E-state index contributed by atoms with van der Waals surface area (Å²) >= 11 is 0. The summed E-state index contributed by atoms with van der Waals surface area (Å²) < 4.78 is 0.